The minimum atomic E-state index is -3.77. The largest absolute Gasteiger partial charge is 0.295 e. The summed E-state index contributed by atoms with van der Waals surface area (Å²) in [6.07, 6.45) is 0. The summed E-state index contributed by atoms with van der Waals surface area (Å²) in [6.45, 7) is 4.08. The summed E-state index contributed by atoms with van der Waals surface area (Å²) in [5.41, 5.74) is 4.48. The summed E-state index contributed by atoms with van der Waals surface area (Å²) in [7, 11) is -3.77. The predicted octanol–water partition coefficient (Wildman–Crippen LogP) is 6.04. The van der Waals surface area contributed by atoms with E-state index < -0.39 is 10.0 Å². The van der Waals surface area contributed by atoms with E-state index in [1.165, 1.54) is 5.56 Å². The first kappa shape index (κ1) is 22.5. The molecule has 5 rings (SSSR count). The number of hydrogen-bond acceptors (Lipinski definition) is 4. The summed E-state index contributed by atoms with van der Waals surface area (Å²) in [5, 5.41) is 1.63. The van der Waals surface area contributed by atoms with Gasteiger partial charge in [-0.1, -0.05) is 48.5 Å². The van der Waals surface area contributed by atoms with Gasteiger partial charge in [-0.05, 0) is 77.7 Å². The van der Waals surface area contributed by atoms with E-state index >= 15 is 0 Å². The molecule has 4 aromatic rings. The van der Waals surface area contributed by atoms with Gasteiger partial charge < -0.3 is 0 Å². The summed E-state index contributed by atoms with van der Waals surface area (Å²) < 4.78 is 28.9. The number of benzene rings is 4. The monoisotopic (exact) mass is 488 g/mol. The molecule has 0 radical (unpaired) electrons. The molecule has 5 nitrogen and oxygen atoms in total. The van der Waals surface area contributed by atoms with Crippen molar-refractivity contribution in [2.75, 3.05) is 15.4 Å². The average molecular weight is 489 g/mol. The number of carbonyl (C=O) groups excluding carboxylic acids is 1. The standard InChI is InChI=1S/C27H24N2O3S2/c1-18-10-12-24(14-19(18)2)29-26(30)17-33-27(29)22-8-5-9-23(15-22)28-34(31,32)25-13-11-20-6-3-4-7-21(20)16-25/h3-16,27-28H,17H2,1-2H3. The van der Waals surface area contributed by atoms with Gasteiger partial charge in [0.15, 0.2) is 0 Å². The number of carbonyl (C=O) groups is 1. The van der Waals surface area contributed by atoms with Crippen LogP contribution in [-0.4, -0.2) is 20.1 Å². The Kier molecular flexibility index (Phi) is 5.83. The van der Waals surface area contributed by atoms with Gasteiger partial charge in [0.25, 0.3) is 10.0 Å². The fourth-order valence-corrected chi connectivity index (χ4v) is 6.38. The van der Waals surface area contributed by atoms with Crippen molar-refractivity contribution in [3.63, 3.8) is 0 Å². The molecule has 7 heteroatoms. The molecule has 1 aliphatic rings. The maximum Gasteiger partial charge on any atom is 0.261 e. The minimum absolute atomic E-state index is 0.0420. The van der Waals surface area contributed by atoms with Crippen LogP contribution in [0.25, 0.3) is 10.8 Å². The van der Waals surface area contributed by atoms with E-state index in [0.29, 0.717) is 11.4 Å². The van der Waals surface area contributed by atoms with Crippen LogP contribution in [-0.2, 0) is 14.8 Å². The molecule has 1 fully saturated rings. The van der Waals surface area contributed by atoms with Gasteiger partial charge in [-0.25, -0.2) is 8.42 Å². The zero-order chi connectivity index (χ0) is 23.9. The third-order valence-electron chi connectivity index (χ3n) is 6.09. The Morgan fingerprint density at radius 1 is 0.853 bits per heavy atom. The number of hydrogen-bond donors (Lipinski definition) is 1. The molecular weight excluding hydrogens is 464 g/mol. The van der Waals surface area contributed by atoms with Crippen LogP contribution < -0.4 is 9.62 Å². The molecule has 0 aromatic heterocycles. The van der Waals surface area contributed by atoms with Gasteiger partial charge in [-0.2, -0.15) is 0 Å². The van der Waals surface area contributed by atoms with Crippen LogP contribution >= 0.6 is 11.8 Å². The lowest BCUT2D eigenvalue weighted by Crippen LogP contribution is -2.28. The molecule has 0 bridgehead atoms. The molecule has 0 saturated carbocycles. The molecule has 1 atom stereocenters. The normalized spacial score (nSPS) is 16.2. The van der Waals surface area contributed by atoms with E-state index in [4.69, 9.17) is 0 Å². The van der Waals surface area contributed by atoms with Crippen molar-refractivity contribution < 1.29 is 13.2 Å². The predicted molar refractivity (Wildman–Crippen MR) is 140 cm³/mol. The first-order valence-corrected chi connectivity index (χ1v) is 13.5. The fourth-order valence-electron chi connectivity index (χ4n) is 4.13. The molecule has 1 heterocycles. The molecule has 1 unspecified atom stereocenters. The summed E-state index contributed by atoms with van der Waals surface area (Å²) >= 11 is 1.54. The lowest BCUT2D eigenvalue weighted by atomic mass is 10.1. The van der Waals surface area contributed by atoms with E-state index in [-0.39, 0.29) is 16.2 Å². The molecule has 172 valence electrons. The molecule has 4 aromatic carbocycles. The smallest absolute Gasteiger partial charge is 0.261 e. The molecule has 1 N–H and O–H groups in total. The van der Waals surface area contributed by atoms with Crippen molar-refractivity contribution in [1.82, 2.24) is 0 Å². The number of rotatable bonds is 5. The second-order valence-corrected chi connectivity index (χ2v) is 11.2. The van der Waals surface area contributed by atoms with Crippen LogP contribution in [0.5, 0.6) is 0 Å². The maximum absolute atomic E-state index is 13.1. The molecular formula is C27H24N2O3S2. The lowest BCUT2D eigenvalue weighted by molar-refractivity contribution is -0.115. The molecule has 0 aliphatic carbocycles. The Bertz CT molecular complexity index is 1520. The van der Waals surface area contributed by atoms with Crippen molar-refractivity contribution >= 4 is 49.8 Å². The molecule has 0 spiro atoms. The Morgan fingerprint density at radius 2 is 1.65 bits per heavy atom. The number of anilines is 2. The number of amides is 1. The van der Waals surface area contributed by atoms with E-state index in [9.17, 15) is 13.2 Å². The summed E-state index contributed by atoms with van der Waals surface area (Å²) in [4.78, 5) is 14.8. The molecule has 34 heavy (non-hydrogen) atoms. The van der Waals surface area contributed by atoms with Crippen LogP contribution in [0, 0.1) is 13.8 Å². The van der Waals surface area contributed by atoms with Crippen LogP contribution in [0.1, 0.15) is 22.1 Å². The number of thioether (sulfide) groups is 1. The van der Waals surface area contributed by atoms with Gasteiger partial charge in [0, 0.05) is 11.4 Å². The Hall–Kier alpha value is -3.29. The average Bonchev–Trinajstić information content (AvgIpc) is 3.22. The second-order valence-electron chi connectivity index (χ2n) is 8.44. The van der Waals surface area contributed by atoms with Crippen LogP contribution in [0.15, 0.2) is 89.8 Å². The highest BCUT2D eigenvalue weighted by Gasteiger charge is 2.34. The summed E-state index contributed by atoms with van der Waals surface area (Å²) in [6, 6.07) is 26.0. The Morgan fingerprint density at radius 3 is 2.44 bits per heavy atom. The highest BCUT2D eigenvalue weighted by Crippen LogP contribution is 2.42. The SMILES string of the molecule is Cc1ccc(N2C(=O)CSC2c2cccc(NS(=O)(=O)c3ccc4ccccc4c3)c2)cc1C. The van der Waals surface area contributed by atoms with Crippen molar-refractivity contribution in [2.24, 2.45) is 0 Å². The third-order valence-corrected chi connectivity index (χ3v) is 8.68. The van der Waals surface area contributed by atoms with Gasteiger partial charge in [-0.3, -0.25) is 14.4 Å². The number of nitrogens with one attached hydrogen (secondary N) is 1. The Labute approximate surface area is 203 Å². The topological polar surface area (TPSA) is 66.5 Å². The van der Waals surface area contributed by atoms with Crippen molar-refractivity contribution in [3.8, 4) is 0 Å². The van der Waals surface area contributed by atoms with Crippen LogP contribution in [0.3, 0.4) is 0 Å². The highest BCUT2D eigenvalue weighted by molar-refractivity contribution is 8.00. The first-order chi connectivity index (χ1) is 16.3. The van der Waals surface area contributed by atoms with E-state index in [1.54, 1.807) is 34.9 Å². The van der Waals surface area contributed by atoms with Gasteiger partial charge in [-0.15, -0.1) is 11.8 Å². The third kappa shape index (κ3) is 4.29. The lowest BCUT2D eigenvalue weighted by Gasteiger charge is -2.25. The van der Waals surface area contributed by atoms with E-state index in [2.05, 4.69) is 4.72 Å². The zero-order valence-electron chi connectivity index (χ0n) is 18.9. The van der Waals surface area contributed by atoms with Crippen LogP contribution in [0.2, 0.25) is 0 Å². The van der Waals surface area contributed by atoms with Gasteiger partial charge in [0.1, 0.15) is 5.37 Å². The van der Waals surface area contributed by atoms with Crippen LogP contribution in [0.4, 0.5) is 11.4 Å². The number of fused-ring (bicyclic) bond motifs is 1. The van der Waals surface area contributed by atoms with E-state index in [1.807, 2.05) is 80.6 Å². The number of aryl methyl sites for hydroxylation is 2. The van der Waals surface area contributed by atoms with Gasteiger partial charge in [0.2, 0.25) is 5.91 Å². The zero-order valence-corrected chi connectivity index (χ0v) is 20.5. The highest BCUT2D eigenvalue weighted by atomic mass is 32.2. The molecule has 1 saturated heterocycles. The maximum atomic E-state index is 13.1. The van der Waals surface area contributed by atoms with Crippen molar-refractivity contribution in [2.45, 2.75) is 24.1 Å². The number of nitrogens with zero attached hydrogens (tertiary/aromatic N) is 1. The molecule has 1 amide bonds. The Balaban J connectivity index is 1.44. The van der Waals surface area contributed by atoms with Crippen molar-refractivity contribution in [1.29, 1.82) is 0 Å². The van der Waals surface area contributed by atoms with Gasteiger partial charge >= 0.3 is 0 Å². The molecule has 1 aliphatic heterocycles. The number of sulfonamides is 1. The van der Waals surface area contributed by atoms with E-state index in [0.717, 1.165) is 27.6 Å². The second kappa shape index (κ2) is 8.81. The minimum Gasteiger partial charge on any atom is -0.295 e. The first-order valence-electron chi connectivity index (χ1n) is 10.9. The van der Waals surface area contributed by atoms with Gasteiger partial charge in [0.05, 0.1) is 10.6 Å². The van der Waals surface area contributed by atoms with Crippen molar-refractivity contribution in [3.05, 3.63) is 102 Å². The quantitative estimate of drug-likeness (QED) is 0.372. The fraction of sp³-hybridized carbons (Fsp3) is 0.148. The summed E-state index contributed by atoms with van der Waals surface area (Å²) in [5.74, 6) is 0.422.